The monoisotopic (exact) mass is 250 g/mol. The van der Waals surface area contributed by atoms with Gasteiger partial charge in [-0.15, -0.1) is 0 Å². The molecule has 0 N–H and O–H groups in total. The van der Waals surface area contributed by atoms with Crippen LogP contribution in [0.3, 0.4) is 0 Å². The lowest BCUT2D eigenvalue weighted by atomic mass is 10.1. The minimum Gasteiger partial charge on any atom is -0.494 e. The van der Waals surface area contributed by atoms with Crippen LogP contribution in [-0.2, 0) is 6.18 Å². The molecule has 6 heteroatoms. The van der Waals surface area contributed by atoms with E-state index in [0.29, 0.717) is 6.07 Å². The summed E-state index contributed by atoms with van der Waals surface area (Å²) in [6.07, 6.45) is -4.86. The van der Waals surface area contributed by atoms with Crippen LogP contribution in [0.15, 0.2) is 12.1 Å². The second-order valence-electron chi connectivity index (χ2n) is 3.32. The first kappa shape index (κ1) is 13.5. The van der Waals surface area contributed by atoms with Crippen LogP contribution < -0.4 is 4.74 Å². The maximum absolute atomic E-state index is 13.4. The Kier molecular flexibility index (Phi) is 3.75. The highest BCUT2D eigenvalue weighted by Crippen LogP contribution is 2.35. The van der Waals surface area contributed by atoms with Crippen LogP contribution in [0.2, 0.25) is 0 Å². The van der Waals surface area contributed by atoms with E-state index in [1.54, 1.807) is 6.92 Å². The Balaban J connectivity index is 3.43. The SMILES string of the molecule is CCOc1cc(C(C)=O)c(F)c(C(F)(F)F)c1. The third kappa shape index (κ3) is 2.95. The Labute approximate surface area is 95.2 Å². The fourth-order valence-corrected chi connectivity index (χ4v) is 1.31. The van der Waals surface area contributed by atoms with Crippen LogP contribution in [-0.4, -0.2) is 12.4 Å². The zero-order valence-electron chi connectivity index (χ0n) is 9.19. The molecule has 0 heterocycles. The van der Waals surface area contributed by atoms with Crippen LogP contribution in [0, 0.1) is 5.82 Å². The Hall–Kier alpha value is -1.59. The van der Waals surface area contributed by atoms with E-state index < -0.39 is 28.9 Å². The topological polar surface area (TPSA) is 26.3 Å². The van der Waals surface area contributed by atoms with Crippen molar-refractivity contribution in [2.45, 2.75) is 20.0 Å². The molecule has 0 aliphatic heterocycles. The van der Waals surface area contributed by atoms with E-state index in [1.807, 2.05) is 0 Å². The largest absolute Gasteiger partial charge is 0.494 e. The number of ether oxygens (including phenoxy) is 1. The molecule has 0 atom stereocenters. The van der Waals surface area contributed by atoms with Crippen LogP contribution in [0.1, 0.15) is 29.8 Å². The number of Topliss-reactive ketones (excluding diaryl/α,β-unsaturated/α-hetero) is 1. The van der Waals surface area contributed by atoms with Gasteiger partial charge in [-0.2, -0.15) is 13.2 Å². The van der Waals surface area contributed by atoms with Gasteiger partial charge in [-0.05, 0) is 26.0 Å². The standard InChI is InChI=1S/C11H10F4O2/c1-3-17-7-4-8(6(2)16)10(12)9(5-7)11(13,14)15/h4-5H,3H2,1-2H3. The highest BCUT2D eigenvalue weighted by molar-refractivity contribution is 5.95. The highest BCUT2D eigenvalue weighted by Gasteiger charge is 2.36. The van der Waals surface area contributed by atoms with Gasteiger partial charge >= 0.3 is 6.18 Å². The first-order valence-electron chi connectivity index (χ1n) is 4.81. The molecule has 0 radical (unpaired) electrons. The lowest BCUT2D eigenvalue weighted by molar-refractivity contribution is -0.140. The molecule has 0 aliphatic carbocycles. The lowest BCUT2D eigenvalue weighted by Gasteiger charge is -2.13. The second kappa shape index (κ2) is 4.73. The van der Waals surface area contributed by atoms with Crippen LogP contribution in [0.25, 0.3) is 0 Å². The molecule has 1 aromatic rings. The van der Waals surface area contributed by atoms with Crippen LogP contribution in [0.4, 0.5) is 17.6 Å². The summed E-state index contributed by atoms with van der Waals surface area (Å²) < 4.78 is 55.8. The number of rotatable bonds is 3. The van der Waals surface area contributed by atoms with Gasteiger partial charge < -0.3 is 4.74 Å². The molecule has 0 saturated heterocycles. The van der Waals surface area contributed by atoms with Gasteiger partial charge in [-0.1, -0.05) is 0 Å². The number of alkyl halides is 3. The van der Waals surface area contributed by atoms with Crippen molar-refractivity contribution in [1.29, 1.82) is 0 Å². The van der Waals surface area contributed by atoms with E-state index in [4.69, 9.17) is 4.74 Å². The number of hydrogen-bond donors (Lipinski definition) is 0. The summed E-state index contributed by atoms with van der Waals surface area (Å²) in [5, 5.41) is 0. The predicted octanol–water partition coefficient (Wildman–Crippen LogP) is 3.45. The van der Waals surface area contributed by atoms with Crippen molar-refractivity contribution in [3.05, 3.63) is 29.1 Å². The van der Waals surface area contributed by atoms with Gasteiger partial charge in [0.15, 0.2) is 5.78 Å². The molecule has 0 amide bonds. The Bertz CT molecular complexity index is 438. The molecule has 0 saturated carbocycles. The molecule has 0 unspecified atom stereocenters. The molecular weight excluding hydrogens is 240 g/mol. The molecule has 2 nitrogen and oxygen atoms in total. The normalized spacial score (nSPS) is 11.4. The number of carbonyl (C=O) groups excluding carboxylic acids is 1. The van der Waals surface area contributed by atoms with Crippen LogP contribution >= 0.6 is 0 Å². The molecule has 0 aromatic heterocycles. The van der Waals surface area contributed by atoms with Crippen molar-refractivity contribution in [3.8, 4) is 5.75 Å². The predicted molar refractivity (Wildman–Crippen MR) is 52.6 cm³/mol. The number of halogens is 4. The molecular formula is C11H10F4O2. The fraction of sp³-hybridized carbons (Fsp3) is 0.364. The van der Waals surface area contributed by atoms with Gasteiger partial charge in [-0.3, -0.25) is 4.79 Å². The molecule has 0 bridgehead atoms. The smallest absolute Gasteiger partial charge is 0.419 e. The van der Waals surface area contributed by atoms with Gasteiger partial charge in [0.25, 0.3) is 0 Å². The van der Waals surface area contributed by atoms with Crippen LogP contribution in [0.5, 0.6) is 5.75 Å². The average molecular weight is 250 g/mol. The molecule has 17 heavy (non-hydrogen) atoms. The third-order valence-corrected chi connectivity index (χ3v) is 2.04. The summed E-state index contributed by atoms with van der Waals surface area (Å²) in [5.41, 5.74) is -2.11. The number of benzene rings is 1. The van der Waals surface area contributed by atoms with E-state index in [1.165, 1.54) is 0 Å². The quantitative estimate of drug-likeness (QED) is 0.606. The van der Waals surface area contributed by atoms with Gasteiger partial charge in [-0.25, -0.2) is 4.39 Å². The van der Waals surface area contributed by atoms with E-state index >= 15 is 0 Å². The minimum absolute atomic E-state index is 0.125. The first-order chi connectivity index (χ1) is 7.77. The van der Waals surface area contributed by atoms with E-state index in [-0.39, 0.29) is 12.4 Å². The van der Waals surface area contributed by atoms with E-state index in [9.17, 15) is 22.4 Å². The zero-order valence-corrected chi connectivity index (χ0v) is 9.19. The van der Waals surface area contributed by atoms with Crippen molar-refractivity contribution < 1.29 is 27.1 Å². The molecule has 0 spiro atoms. The van der Waals surface area contributed by atoms with Crippen molar-refractivity contribution >= 4 is 5.78 Å². The zero-order chi connectivity index (χ0) is 13.2. The van der Waals surface area contributed by atoms with Crippen molar-refractivity contribution in [2.24, 2.45) is 0 Å². The summed E-state index contributed by atoms with van der Waals surface area (Å²) in [7, 11) is 0. The molecule has 1 rings (SSSR count). The van der Waals surface area contributed by atoms with Crippen molar-refractivity contribution in [1.82, 2.24) is 0 Å². The molecule has 0 fully saturated rings. The number of ketones is 1. The van der Waals surface area contributed by atoms with Gasteiger partial charge in [0.2, 0.25) is 0 Å². The van der Waals surface area contributed by atoms with Gasteiger partial charge in [0.1, 0.15) is 11.6 Å². The second-order valence-corrected chi connectivity index (χ2v) is 3.32. The molecule has 0 aliphatic rings. The third-order valence-electron chi connectivity index (χ3n) is 2.04. The van der Waals surface area contributed by atoms with Crippen molar-refractivity contribution in [2.75, 3.05) is 6.61 Å². The van der Waals surface area contributed by atoms with Gasteiger partial charge in [0, 0.05) is 0 Å². The summed E-state index contributed by atoms with van der Waals surface area (Å²) >= 11 is 0. The van der Waals surface area contributed by atoms with E-state index in [0.717, 1.165) is 13.0 Å². The van der Waals surface area contributed by atoms with E-state index in [2.05, 4.69) is 0 Å². The lowest BCUT2D eigenvalue weighted by Crippen LogP contribution is -2.12. The summed E-state index contributed by atoms with van der Waals surface area (Å²) in [4.78, 5) is 11.0. The molecule has 94 valence electrons. The Morgan fingerprint density at radius 1 is 1.35 bits per heavy atom. The molecule has 1 aromatic carbocycles. The average Bonchev–Trinajstić information content (AvgIpc) is 2.18. The highest BCUT2D eigenvalue weighted by atomic mass is 19.4. The Morgan fingerprint density at radius 3 is 2.35 bits per heavy atom. The fourth-order valence-electron chi connectivity index (χ4n) is 1.31. The number of carbonyl (C=O) groups is 1. The van der Waals surface area contributed by atoms with Crippen molar-refractivity contribution in [3.63, 3.8) is 0 Å². The summed E-state index contributed by atoms with van der Waals surface area (Å²) in [6.45, 7) is 2.69. The maximum Gasteiger partial charge on any atom is 0.419 e. The number of hydrogen-bond acceptors (Lipinski definition) is 2. The first-order valence-corrected chi connectivity index (χ1v) is 4.81. The Morgan fingerprint density at radius 2 is 1.94 bits per heavy atom. The van der Waals surface area contributed by atoms with Gasteiger partial charge in [0.05, 0.1) is 17.7 Å². The minimum atomic E-state index is -4.86. The maximum atomic E-state index is 13.4. The summed E-state index contributed by atoms with van der Waals surface area (Å²) in [6, 6.07) is 1.52. The summed E-state index contributed by atoms with van der Waals surface area (Å²) in [5.74, 6) is -2.52.